The highest BCUT2D eigenvalue weighted by molar-refractivity contribution is 7.90. The van der Waals surface area contributed by atoms with Crippen molar-refractivity contribution in [2.24, 2.45) is 11.8 Å². The fourth-order valence-corrected chi connectivity index (χ4v) is 9.07. The molecule has 2 aliphatic heterocycles. The van der Waals surface area contributed by atoms with Crippen LogP contribution in [0.1, 0.15) is 79.8 Å². The molecular formula is C31H39ClN2O5S. The molecule has 2 N–H and O–H groups in total. The third kappa shape index (κ3) is 5.12. The fraction of sp³-hybridized carbons (Fsp3) is 0.581. The third-order valence-electron chi connectivity index (χ3n) is 9.90. The van der Waals surface area contributed by atoms with E-state index in [1.165, 1.54) is 11.1 Å². The van der Waals surface area contributed by atoms with Gasteiger partial charge in [0.25, 0.3) is 5.91 Å². The van der Waals surface area contributed by atoms with Gasteiger partial charge in [0.2, 0.25) is 10.0 Å². The van der Waals surface area contributed by atoms with Crippen LogP contribution >= 0.6 is 11.6 Å². The van der Waals surface area contributed by atoms with Crippen molar-refractivity contribution in [2.45, 2.75) is 81.5 Å². The Kier molecular flexibility index (Phi) is 7.55. The number of anilines is 1. The van der Waals surface area contributed by atoms with E-state index in [1.54, 1.807) is 18.2 Å². The van der Waals surface area contributed by atoms with Gasteiger partial charge < -0.3 is 14.7 Å². The summed E-state index contributed by atoms with van der Waals surface area (Å²) in [6.45, 7) is 3.82. The number of carbonyl (C=O) groups is 1. The monoisotopic (exact) mass is 586 g/mol. The van der Waals surface area contributed by atoms with E-state index in [9.17, 15) is 18.3 Å². The number of rotatable bonds is 1. The lowest BCUT2D eigenvalue weighted by Crippen LogP contribution is -2.48. The highest BCUT2D eigenvalue weighted by atomic mass is 35.5. The van der Waals surface area contributed by atoms with E-state index in [1.807, 2.05) is 13.0 Å². The maximum atomic E-state index is 13.3. The van der Waals surface area contributed by atoms with Crippen molar-refractivity contribution in [3.63, 3.8) is 0 Å². The van der Waals surface area contributed by atoms with E-state index < -0.39 is 21.2 Å². The topological polar surface area (TPSA) is 95.9 Å². The van der Waals surface area contributed by atoms with Gasteiger partial charge in [0, 0.05) is 29.1 Å². The van der Waals surface area contributed by atoms with Gasteiger partial charge in [-0.3, -0.25) is 4.79 Å². The zero-order chi connectivity index (χ0) is 28.1. The van der Waals surface area contributed by atoms with Crippen molar-refractivity contribution in [1.29, 1.82) is 0 Å². The van der Waals surface area contributed by atoms with E-state index in [2.05, 4.69) is 21.8 Å². The number of amides is 1. The van der Waals surface area contributed by atoms with Crippen LogP contribution < -0.4 is 14.4 Å². The standard InChI is InChI=1S/C31H39ClN2O5S/c1-2-24-5-3-4-6-28(35)25-10-7-22(25)17-34-18-31(14-13-20-15-23(32)9-11-26(20)31)19-39-29-12-8-21(16-27(29)34)30(36)33-40(24,37)38/h8-9,11-12,15-16,22,24-25,28,35H,2-7,10,13-14,17-19H2,1H3,(H,33,36)/t22-,24+,25+,28-,31-/m0/s1. The van der Waals surface area contributed by atoms with Gasteiger partial charge in [-0.2, -0.15) is 0 Å². The van der Waals surface area contributed by atoms with Crippen LogP contribution in [0.5, 0.6) is 5.75 Å². The Hall–Kier alpha value is -2.29. The minimum atomic E-state index is -3.84. The maximum absolute atomic E-state index is 13.3. The quantitative estimate of drug-likeness (QED) is 0.475. The molecular weight excluding hydrogens is 548 g/mol. The van der Waals surface area contributed by atoms with E-state index >= 15 is 0 Å². The van der Waals surface area contributed by atoms with Crippen LogP contribution in [0.4, 0.5) is 5.69 Å². The second-order valence-electron chi connectivity index (χ2n) is 12.3. The summed E-state index contributed by atoms with van der Waals surface area (Å²) in [5, 5.41) is 11.2. The average molecular weight is 587 g/mol. The van der Waals surface area contributed by atoms with Crippen LogP contribution in [0.2, 0.25) is 5.02 Å². The molecule has 0 unspecified atom stereocenters. The summed E-state index contributed by atoms with van der Waals surface area (Å²) < 4.78 is 35.1. The molecule has 1 amide bonds. The molecule has 2 aliphatic carbocycles. The average Bonchev–Trinajstić information content (AvgIpc) is 3.16. The van der Waals surface area contributed by atoms with Gasteiger partial charge in [0.05, 0.1) is 23.6 Å². The molecule has 40 heavy (non-hydrogen) atoms. The molecule has 1 fully saturated rings. The van der Waals surface area contributed by atoms with Crippen molar-refractivity contribution >= 4 is 33.2 Å². The fourth-order valence-electron chi connectivity index (χ4n) is 7.41. The maximum Gasteiger partial charge on any atom is 0.264 e. The molecule has 0 aromatic heterocycles. The molecule has 4 aliphatic rings. The number of hydrogen-bond acceptors (Lipinski definition) is 6. The lowest BCUT2D eigenvalue weighted by molar-refractivity contribution is 0.00909. The Labute approximate surface area is 242 Å². The Morgan fingerprint density at radius 2 is 1.95 bits per heavy atom. The summed E-state index contributed by atoms with van der Waals surface area (Å²) in [6.07, 6.45) is 6.59. The predicted molar refractivity (Wildman–Crippen MR) is 157 cm³/mol. The van der Waals surface area contributed by atoms with Crippen LogP contribution in [0.3, 0.4) is 0 Å². The largest absolute Gasteiger partial charge is 0.490 e. The molecule has 1 saturated carbocycles. The van der Waals surface area contributed by atoms with E-state index in [0.29, 0.717) is 49.5 Å². The summed E-state index contributed by atoms with van der Waals surface area (Å²) in [6, 6.07) is 11.4. The molecule has 0 saturated heterocycles. The molecule has 2 bridgehead atoms. The zero-order valence-electron chi connectivity index (χ0n) is 23.1. The van der Waals surface area contributed by atoms with Gasteiger partial charge in [0.15, 0.2) is 0 Å². The minimum absolute atomic E-state index is 0.224. The van der Waals surface area contributed by atoms with Crippen molar-refractivity contribution in [1.82, 2.24) is 4.72 Å². The number of halogens is 1. The summed E-state index contributed by atoms with van der Waals surface area (Å²) in [7, 11) is -3.84. The third-order valence-corrected chi connectivity index (χ3v) is 12.1. The molecule has 2 aromatic rings. The highest BCUT2D eigenvalue weighted by Gasteiger charge is 2.45. The molecule has 6 rings (SSSR count). The van der Waals surface area contributed by atoms with Crippen molar-refractivity contribution in [2.75, 3.05) is 24.6 Å². The van der Waals surface area contributed by atoms with E-state index in [0.717, 1.165) is 55.9 Å². The number of aliphatic hydroxyl groups excluding tert-OH is 1. The number of aliphatic hydroxyl groups is 1. The van der Waals surface area contributed by atoms with Crippen LogP contribution in [-0.2, 0) is 21.9 Å². The highest BCUT2D eigenvalue weighted by Crippen LogP contribution is 2.47. The first-order valence-corrected chi connectivity index (χ1v) is 16.7. The first-order valence-electron chi connectivity index (χ1n) is 14.7. The van der Waals surface area contributed by atoms with E-state index in [-0.39, 0.29) is 17.4 Å². The molecule has 7 nitrogen and oxygen atoms in total. The van der Waals surface area contributed by atoms with Crippen molar-refractivity contribution < 1.29 is 23.1 Å². The predicted octanol–water partition coefficient (Wildman–Crippen LogP) is 5.22. The van der Waals surface area contributed by atoms with Crippen LogP contribution in [0, 0.1) is 11.8 Å². The molecule has 216 valence electrons. The number of aryl methyl sites for hydroxylation is 1. The molecule has 0 radical (unpaired) electrons. The Bertz CT molecular complexity index is 1400. The van der Waals surface area contributed by atoms with Gasteiger partial charge in [-0.15, -0.1) is 0 Å². The van der Waals surface area contributed by atoms with Gasteiger partial charge in [-0.05, 0) is 98.2 Å². The minimum Gasteiger partial charge on any atom is -0.490 e. The first kappa shape index (κ1) is 27.9. The van der Waals surface area contributed by atoms with Gasteiger partial charge in [-0.25, -0.2) is 13.1 Å². The van der Waals surface area contributed by atoms with Crippen LogP contribution in [-0.4, -0.2) is 50.5 Å². The number of carbonyl (C=O) groups excluding carboxylic acids is 1. The smallest absolute Gasteiger partial charge is 0.264 e. The molecule has 9 heteroatoms. The number of ether oxygens (including phenoxy) is 1. The first-order chi connectivity index (χ1) is 19.2. The summed E-state index contributed by atoms with van der Waals surface area (Å²) >= 11 is 6.33. The molecule has 2 aromatic carbocycles. The number of nitrogens with zero attached hydrogens (tertiary/aromatic N) is 1. The Balaban J connectivity index is 1.39. The summed E-state index contributed by atoms with van der Waals surface area (Å²) in [5.74, 6) is 0.661. The lowest BCUT2D eigenvalue weighted by Gasteiger charge is -2.44. The molecule has 2 heterocycles. The normalized spacial score (nSPS) is 31.8. The Morgan fingerprint density at radius 1 is 1.12 bits per heavy atom. The number of sulfonamides is 1. The number of fused-ring (bicyclic) bond motifs is 4. The van der Waals surface area contributed by atoms with Gasteiger partial charge in [-0.1, -0.05) is 37.4 Å². The second kappa shape index (κ2) is 10.8. The zero-order valence-corrected chi connectivity index (χ0v) is 24.6. The van der Waals surface area contributed by atoms with E-state index in [4.69, 9.17) is 16.3 Å². The summed E-state index contributed by atoms with van der Waals surface area (Å²) in [4.78, 5) is 15.6. The summed E-state index contributed by atoms with van der Waals surface area (Å²) in [5.41, 5.74) is 3.40. The van der Waals surface area contributed by atoms with Gasteiger partial charge >= 0.3 is 0 Å². The van der Waals surface area contributed by atoms with Crippen LogP contribution in [0.25, 0.3) is 0 Å². The van der Waals surface area contributed by atoms with Crippen LogP contribution in [0.15, 0.2) is 36.4 Å². The second-order valence-corrected chi connectivity index (χ2v) is 14.7. The molecule has 5 atom stereocenters. The molecule has 1 spiro atoms. The Morgan fingerprint density at radius 3 is 2.73 bits per heavy atom. The lowest BCUT2D eigenvalue weighted by atomic mass is 9.69. The number of hydrogen-bond donors (Lipinski definition) is 2. The number of nitrogens with one attached hydrogen (secondary N) is 1. The van der Waals surface area contributed by atoms with Crippen molar-refractivity contribution in [3.05, 3.63) is 58.1 Å². The SMILES string of the molecule is CC[C@@H]1CCCC[C@H](O)[C@@H]2CC[C@H]2CN2C[C@@]3(CCc4cc(Cl)ccc43)COc3ccc(cc32)C(=O)NS1(=O)=O. The van der Waals surface area contributed by atoms with Crippen molar-refractivity contribution in [3.8, 4) is 5.75 Å². The van der Waals surface area contributed by atoms with Gasteiger partial charge in [0.1, 0.15) is 5.75 Å². The number of benzene rings is 2.